The van der Waals surface area contributed by atoms with Gasteiger partial charge < -0.3 is 15.4 Å². The van der Waals surface area contributed by atoms with Crippen LogP contribution in [-0.2, 0) is 4.79 Å². The number of benzene rings is 2. The van der Waals surface area contributed by atoms with Crippen molar-refractivity contribution >= 4 is 29.9 Å². The molecule has 27 heavy (non-hydrogen) atoms. The first-order valence-electron chi connectivity index (χ1n) is 9.06. The Hall–Kier alpha value is -1.75. The Morgan fingerprint density at radius 1 is 1.19 bits per heavy atom. The van der Waals surface area contributed by atoms with Crippen LogP contribution in [0.1, 0.15) is 31.4 Å². The first kappa shape index (κ1) is 21.5. The second-order valence-electron chi connectivity index (χ2n) is 6.91. The van der Waals surface area contributed by atoms with Crippen molar-refractivity contribution in [3.8, 4) is 5.75 Å². The lowest BCUT2D eigenvalue weighted by molar-refractivity contribution is -0.141. The zero-order valence-corrected chi connectivity index (χ0v) is 17.0. The number of hydrogen-bond acceptors (Lipinski definition) is 3. The van der Waals surface area contributed by atoms with E-state index in [0.717, 1.165) is 24.9 Å². The molecule has 6 heteroatoms. The third kappa shape index (κ3) is 5.61. The number of hydrogen-bond donors (Lipinski definition) is 1. The van der Waals surface area contributed by atoms with Crippen LogP contribution in [0, 0.1) is 5.92 Å². The maximum Gasteiger partial charge on any atom is 0.268 e. The number of nitrogens with zero attached hydrogens (tertiary/aromatic N) is 1. The van der Waals surface area contributed by atoms with Gasteiger partial charge in [0.25, 0.3) is 5.91 Å². The van der Waals surface area contributed by atoms with Crippen LogP contribution in [0.2, 0.25) is 5.02 Å². The molecule has 3 atom stereocenters. The number of amides is 1. The molecule has 1 saturated heterocycles. The minimum atomic E-state index is -0.677. The number of rotatable bonds is 5. The molecule has 1 aliphatic heterocycles. The van der Waals surface area contributed by atoms with Gasteiger partial charge in [0.15, 0.2) is 0 Å². The van der Waals surface area contributed by atoms with E-state index in [-0.39, 0.29) is 24.4 Å². The highest BCUT2D eigenvalue weighted by molar-refractivity contribution is 6.30. The number of nitrogens with two attached hydrogens (primary N) is 1. The largest absolute Gasteiger partial charge is 0.476 e. The van der Waals surface area contributed by atoms with Crippen LogP contribution in [0.15, 0.2) is 54.6 Å². The highest BCUT2D eigenvalue weighted by Crippen LogP contribution is 2.28. The van der Waals surface area contributed by atoms with Crippen molar-refractivity contribution in [2.24, 2.45) is 11.7 Å². The molecule has 0 spiro atoms. The summed E-state index contributed by atoms with van der Waals surface area (Å²) in [4.78, 5) is 15.2. The molecule has 0 bridgehead atoms. The van der Waals surface area contributed by atoms with Gasteiger partial charge in [0.1, 0.15) is 5.75 Å². The molecule has 146 valence electrons. The van der Waals surface area contributed by atoms with E-state index in [9.17, 15) is 4.79 Å². The van der Waals surface area contributed by atoms with Crippen LogP contribution in [-0.4, -0.2) is 29.9 Å². The number of halogens is 2. The average molecular weight is 409 g/mol. The summed E-state index contributed by atoms with van der Waals surface area (Å²) in [5, 5.41) is 0.635. The van der Waals surface area contributed by atoms with Crippen LogP contribution in [0.3, 0.4) is 0 Å². The molecule has 0 aromatic heterocycles. The van der Waals surface area contributed by atoms with E-state index in [1.807, 2.05) is 42.2 Å². The zero-order chi connectivity index (χ0) is 18.5. The third-order valence-corrected chi connectivity index (χ3v) is 5.16. The van der Waals surface area contributed by atoms with Gasteiger partial charge in [0, 0.05) is 29.7 Å². The molecule has 0 radical (unpaired) electrons. The Morgan fingerprint density at radius 3 is 2.48 bits per heavy atom. The lowest BCUT2D eigenvalue weighted by Gasteiger charge is -2.36. The summed E-state index contributed by atoms with van der Waals surface area (Å²) >= 11 is 5.95. The van der Waals surface area contributed by atoms with Gasteiger partial charge >= 0.3 is 0 Å². The molecule has 0 saturated carbocycles. The molecule has 2 aromatic rings. The summed E-state index contributed by atoms with van der Waals surface area (Å²) in [6.45, 7) is 3.44. The number of ether oxygens (including phenoxy) is 1. The average Bonchev–Trinajstić information content (AvgIpc) is 2.68. The Bertz CT molecular complexity index is 723. The van der Waals surface area contributed by atoms with Crippen molar-refractivity contribution in [3.63, 3.8) is 0 Å². The Kier molecular flexibility index (Phi) is 7.96. The fourth-order valence-electron chi connectivity index (χ4n) is 3.34. The molecule has 0 aliphatic carbocycles. The van der Waals surface area contributed by atoms with E-state index in [2.05, 4.69) is 0 Å². The number of carbonyl (C=O) groups is 1. The zero-order valence-electron chi connectivity index (χ0n) is 15.4. The van der Waals surface area contributed by atoms with E-state index in [1.165, 1.54) is 0 Å². The molecule has 3 unspecified atom stereocenters. The third-order valence-electron chi connectivity index (χ3n) is 4.91. The summed E-state index contributed by atoms with van der Waals surface area (Å²) < 4.78 is 6.09. The molecule has 2 N–H and O–H groups in total. The SMILES string of the molecule is CC(N)C1CCCN(C(=O)C(Oc2ccc(Cl)cc2)c2ccccc2)C1.Cl. The molecular weight excluding hydrogens is 383 g/mol. The van der Waals surface area contributed by atoms with Crippen molar-refractivity contribution in [1.29, 1.82) is 0 Å². The minimum Gasteiger partial charge on any atom is -0.476 e. The van der Waals surface area contributed by atoms with Crippen molar-refractivity contribution in [1.82, 2.24) is 4.90 Å². The van der Waals surface area contributed by atoms with E-state index in [4.69, 9.17) is 22.1 Å². The highest BCUT2D eigenvalue weighted by Gasteiger charge is 2.32. The maximum absolute atomic E-state index is 13.3. The van der Waals surface area contributed by atoms with Gasteiger partial charge in [-0.25, -0.2) is 0 Å². The van der Waals surface area contributed by atoms with Crippen molar-refractivity contribution in [2.45, 2.75) is 31.9 Å². The van der Waals surface area contributed by atoms with Crippen LogP contribution in [0.5, 0.6) is 5.75 Å². The molecule has 1 fully saturated rings. The summed E-state index contributed by atoms with van der Waals surface area (Å²) in [6, 6.07) is 16.8. The van der Waals surface area contributed by atoms with Gasteiger partial charge in [0.05, 0.1) is 0 Å². The van der Waals surface area contributed by atoms with Gasteiger partial charge in [-0.05, 0) is 49.9 Å². The summed E-state index contributed by atoms with van der Waals surface area (Å²) in [5.41, 5.74) is 6.92. The molecule has 3 rings (SSSR count). The van der Waals surface area contributed by atoms with E-state index in [0.29, 0.717) is 23.2 Å². The summed E-state index contributed by atoms with van der Waals surface area (Å²) in [6.07, 6.45) is 1.36. The second-order valence-corrected chi connectivity index (χ2v) is 7.34. The van der Waals surface area contributed by atoms with Crippen molar-refractivity contribution < 1.29 is 9.53 Å². The lowest BCUT2D eigenvalue weighted by Crippen LogP contribution is -2.47. The molecule has 1 heterocycles. The van der Waals surface area contributed by atoms with Crippen LogP contribution in [0.4, 0.5) is 0 Å². The van der Waals surface area contributed by atoms with E-state index >= 15 is 0 Å². The van der Waals surface area contributed by atoms with Crippen LogP contribution < -0.4 is 10.5 Å². The van der Waals surface area contributed by atoms with Gasteiger partial charge in [-0.1, -0.05) is 41.9 Å². The van der Waals surface area contributed by atoms with Gasteiger partial charge in [-0.3, -0.25) is 4.79 Å². The van der Waals surface area contributed by atoms with Gasteiger partial charge in [-0.15, -0.1) is 12.4 Å². The van der Waals surface area contributed by atoms with E-state index in [1.54, 1.807) is 24.3 Å². The maximum atomic E-state index is 13.3. The van der Waals surface area contributed by atoms with E-state index < -0.39 is 6.10 Å². The lowest BCUT2D eigenvalue weighted by atomic mass is 9.91. The van der Waals surface area contributed by atoms with Crippen molar-refractivity contribution in [3.05, 3.63) is 65.2 Å². The number of carbonyl (C=O) groups excluding carboxylic acids is 1. The second kappa shape index (κ2) is 9.98. The molecule has 1 amide bonds. The predicted molar refractivity (Wildman–Crippen MR) is 111 cm³/mol. The van der Waals surface area contributed by atoms with Crippen LogP contribution in [0.25, 0.3) is 0 Å². The highest BCUT2D eigenvalue weighted by atomic mass is 35.5. The molecule has 4 nitrogen and oxygen atoms in total. The van der Waals surface area contributed by atoms with Crippen molar-refractivity contribution in [2.75, 3.05) is 13.1 Å². The topological polar surface area (TPSA) is 55.6 Å². The number of piperidine rings is 1. The predicted octanol–water partition coefficient (Wildman–Crippen LogP) is 4.47. The molecular formula is C21H26Cl2N2O2. The number of likely N-dealkylation sites (tertiary alicyclic amines) is 1. The fourth-order valence-corrected chi connectivity index (χ4v) is 3.47. The Morgan fingerprint density at radius 2 is 1.85 bits per heavy atom. The molecule has 1 aliphatic rings. The Balaban J connectivity index is 0.00000261. The summed E-state index contributed by atoms with van der Waals surface area (Å²) in [5.74, 6) is 0.938. The smallest absolute Gasteiger partial charge is 0.268 e. The quantitative estimate of drug-likeness (QED) is 0.793. The first-order chi connectivity index (χ1) is 12.5. The monoisotopic (exact) mass is 408 g/mol. The minimum absolute atomic E-state index is 0. The first-order valence-corrected chi connectivity index (χ1v) is 9.44. The fraction of sp³-hybridized carbons (Fsp3) is 0.381. The van der Waals surface area contributed by atoms with Gasteiger partial charge in [-0.2, -0.15) is 0 Å². The summed E-state index contributed by atoms with van der Waals surface area (Å²) in [7, 11) is 0. The molecule has 2 aromatic carbocycles. The standard InChI is InChI=1S/C21H25ClN2O2.ClH/c1-15(23)17-8-5-13-24(14-17)21(25)20(16-6-3-2-4-7-16)26-19-11-9-18(22)10-12-19;/h2-4,6-7,9-12,15,17,20H,5,8,13-14,23H2,1H3;1H. The van der Waals surface area contributed by atoms with Gasteiger partial charge in [0.2, 0.25) is 6.10 Å². The Labute approximate surface area is 172 Å². The van der Waals surface area contributed by atoms with Crippen LogP contribution >= 0.6 is 24.0 Å². The normalized spacial score (nSPS) is 18.9.